The molecule has 3 aromatic rings. The van der Waals surface area contributed by atoms with Gasteiger partial charge in [0.15, 0.2) is 0 Å². The highest BCUT2D eigenvalue weighted by Gasteiger charge is 2.47. The van der Waals surface area contributed by atoms with Crippen molar-refractivity contribution in [1.29, 1.82) is 0 Å². The van der Waals surface area contributed by atoms with E-state index in [0.717, 1.165) is 22.4 Å². The Morgan fingerprint density at radius 3 is 2.53 bits per heavy atom. The summed E-state index contributed by atoms with van der Waals surface area (Å²) in [6.07, 6.45) is 0. The van der Waals surface area contributed by atoms with Crippen LogP contribution in [0.5, 0.6) is 0 Å². The first-order valence-electron chi connectivity index (χ1n) is 9.17. The van der Waals surface area contributed by atoms with E-state index in [1.807, 2.05) is 29.6 Å². The van der Waals surface area contributed by atoms with Crippen molar-refractivity contribution >= 4 is 30.5 Å². The first kappa shape index (κ1) is 22.3. The zero-order chi connectivity index (χ0) is 21.9. The molecule has 30 heavy (non-hydrogen) atoms. The van der Waals surface area contributed by atoms with Gasteiger partial charge in [0, 0.05) is 16.0 Å². The number of benzene rings is 2. The van der Waals surface area contributed by atoms with Crippen molar-refractivity contribution in [3.05, 3.63) is 77.2 Å². The number of thiophene rings is 1. The van der Waals surface area contributed by atoms with Gasteiger partial charge >= 0.3 is 7.60 Å². The van der Waals surface area contributed by atoms with Crippen molar-refractivity contribution in [1.82, 2.24) is 0 Å². The first-order chi connectivity index (χ1) is 14.2. The van der Waals surface area contributed by atoms with E-state index in [2.05, 4.69) is 0 Å². The van der Waals surface area contributed by atoms with Gasteiger partial charge < -0.3 is 9.42 Å². The molecule has 0 aliphatic carbocycles. The van der Waals surface area contributed by atoms with Gasteiger partial charge in [-0.2, -0.15) is 0 Å². The summed E-state index contributed by atoms with van der Waals surface area (Å²) < 4.78 is 31.8. The molecule has 1 aromatic heterocycles. The number of nitrogens with two attached hydrogens (primary N) is 1. The molecule has 0 aliphatic heterocycles. The van der Waals surface area contributed by atoms with Gasteiger partial charge in [0.05, 0.1) is 12.3 Å². The lowest BCUT2D eigenvalue weighted by atomic mass is 10.1. The maximum Gasteiger partial charge on any atom is 0.369 e. The van der Waals surface area contributed by atoms with Crippen LogP contribution in [0.4, 0.5) is 10.1 Å². The zero-order valence-corrected chi connectivity index (χ0v) is 18.2. The Balaban J connectivity index is 1.82. The van der Waals surface area contributed by atoms with Gasteiger partial charge in [-0.05, 0) is 55.1 Å². The number of alkyl halides is 1. The summed E-state index contributed by atoms with van der Waals surface area (Å²) in [7, 11) is -4.54. The number of carbonyl (C=O) groups excluding carboxylic acids is 1. The second kappa shape index (κ2) is 8.79. The maximum atomic E-state index is 15.0. The van der Waals surface area contributed by atoms with Crippen LogP contribution in [0.1, 0.15) is 29.8 Å². The van der Waals surface area contributed by atoms with E-state index in [1.54, 1.807) is 23.5 Å². The summed E-state index contributed by atoms with van der Waals surface area (Å²) >= 11 is 1.58. The minimum atomic E-state index is -4.54. The van der Waals surface area contributed by atoms with E-state index in [1.165, 1.54) is 31.2 Å². The fourth-order valence-corrected chi connectivity index (χ4v) is 4.68. The number of nitrogens with zero attached hydrogens (tertiary/aromatic N) is 1. The minimum absolute atomic E-state index is 0.0680. The lowest BCUT2D eigenvalue weighted by Gasteiger charge is -2.26. The minimum Gasteiger partial charge on any atom is -0.322 e. The van der Waals surface area contributed by atoms with Gasteiger partial charge in [0.1, 0.15) is 0 Å². The van der Waals surface area contributed by atoms with Crippen LogP contribution in [0.15, 0.2) is 66.0 Å². The summed E-state index contributed by atoms with van der Waals surface area (Å²) in [6.45, 7) is 2.38. The Morgan fingerprint density at radius 2 is 1.93 bits per heavy atom. The molecule has 2 atom stereocenters. The lowest BCUT2D eigenvalue weighted by molar-refractivity contribution is 0.0987. The van der Waals surface area contributed by atoms with Crippen LogP contribution in [-0.2, 0) is 14.5 Å². The van der Waals surface area contributed by atoms with Crippen LogP contribution in [-0.4, -0.2) is 17.4 Å². The van der Waals surface area contributed by atoms with Gasteiger partial charge in [-0.1, -0.05) is 30.3 Å². The summed E-state index contributed by atoms with van der Waals surface area (Å²) in [5.41, 5.74) is 1.58. The van der Waals surface area contributed by atoms with Crippen LogP contribution >= 0.6 is 18.9 Å². The number of hydrazine groups is 1. The Hall–Kier alpha value is -2.35. The molecule has 0 radical (unpaired) electrons. The van der Waals surface area contributed by atoms with Crippen molar-refractivity contribution in [3.8, 4) is 10.4 Å². The monoisotopic (exact) mass is 448 g/mol. The molecule has 1 amide bonds. The molecular weight excluding hydrogens is 426 g/mol. The van der Waals surface area contributed by atoms with Crippen molar-refractivity contribution in [2.24, 2.45) is 5.84 Å². The molecule has 2 unspecified atom stereocenters. The van der Waals surface area contributed by atoms with Gasteiger partial charge in [-0.15, -0.1) is 11.3 Å². The molecule has 6 nitrogen and oxygen atoms in total. The Kier molecular flexibility index (Phi) is 6.55. The highest BCUT2D eigenvalue weighted by atomic mass is 32.1. The fraction of sp³-hybridized carbons (Fsp3) is 0.190. The molecule has 0 saturated heterocycles. The first-order valence-corrected chi connectivity index (χ1v) is 11.6. The van der Waals surface area contributed by atoms with Crippen molar-refractivity contribution in [3.63, 3.8) is 0 Å². The highest BCUT2D eigenvalue weighted by Crippen LogP contribution is 2.61. The quantitative estimate of drug-likeness (QED) is 0.221. The van der Waals surface area contributed by atoms with Crippen LogP contribution in [0.2, 0.25) is 0 Å². The van der Waals surface area contributed by atoms with Crippen molar-refractivity contribution in [2.45, 2.75) is 19.3 Å². The molecule has 1 heterocycles. The molecule has 2 aromatic carbocycles. The number of hydrogen-bond donors (Lipinski definition) is 2. The van der Waals surface area contributed by atoms with Gasteiger partial charge in [-0.3, -0.25) is 9.36 Å². The third kappa shape index (κ3) is 4.38. The molecule has 9 heteroatoms. The number of halogens is 1. The van der Waals surface area contributed by atoms with Gasteiger partial charge in [0.25, 0.3) is 5.91 Å². The van der Waals surface area contributed by atoms with Crippen LogP contribution in [0.3, 0.4) is 0 Å². The third-order valence-electron chi connectivity index (χ3n) is 4.64. The standard InChI is InChI=1S/C21H22FN2O4PS/c1-3-28-29(26,27)21(2,22)17-11-9-15(10-12-17)20(25)24(23)18-7-4-6-16(14-18)19-8-5-13-30-19/h4-14H,3,23H2,1-2H3,(H,26,27). The van der Waals surface area contributed by atoms with E-state index in [4.69, 9.17) is 10.4 Å². The zero-order valence-electron chi connectivity index (χ0n) is 16.5. The second-order valence-corrected chi connectivity index (χ2v) is 9.76. The molecule has 3 rings (SSSR count). The number of anilines is 1. The van der Waals surface area contributed by atoms with Crippen molar-refractivity contribution < 1.29 is 23.2 Å². The fourth-order valence-electron chi connectivity index (χ4n) is 2.88. The second-order valence-electron chi connectivity index (χ2n) is 6.67. The predicted octanol–water partition coefficient (Wildman–Crippen LogP) is 5.30. The van der Waals surface area contributed by atoms with Gasteiger partial charge in [0.2, 0.25) is 5.41 Å². The van der Waals surface area contributed by atoms with E-state index in [0.29, 0.717) is 5.69 Å². The Morgan fingerprint density at radius 1 is 1.23 bits per heavy atom. The summed E-state index contributed by atoms with van der Waals surface area (Å²) in [5, 5.41) is 0.365. The van der Waals surface area contributed by atoms with E-state index < -0.39 is 18.9 Å². The van der Waals surface area contributed by atoms with Gasteiger partial charge in [-0.25, -0.2) is 15.2 Å². The highest BCUT2D eigenvalue weighted by molar-refractivity contribution is 7.53. The molecule has 0 saturated carbocycles. The molecule has 0 spiro atoms. The molecule has 158 valence electrons. The van der Waals surface area contributed by atoms with Crippen LogP contribution < -0.4 is 10.9 Å². The smallest absolute Gasteiger partial charge is 0.322 e. The van der Waals surface area contributed by atoms with Crippen LogP contribution in [0, 0.1) is 0 Å². The number of amides is 1. The molecule has 0 fully saturated rings. The number of hydrogen-bond acceptors (Lipinski definition) is 5. The van der Waals surface area contributed by atoms with E-state index in [9.17, 15) is 18.6 Å². The summed E-state index contributed by atoms with van der Waals surface area (Å²) in [6, 6.07) is 16.5. The summed E-state index contributed by atoms with van der Waals surface area (Å²) in [4.78, 5) is 23.7. The average Bonchev–Trinajstić information content (AvgIpc) is 3.28. The lowest BCUT2D eigenvalue weighted by Crippen LogP contribution is -2.37. The number of rotatable bonds is 7. The molecular formula is C21H22FN2O4PS. The molecule has 3 N–H and O–H groups in total. The topological polar surface area (TPSA) is 92.9 Å². The molecule has 0 bridgehead atoms. The Labute approximate surface area is 178 Å². The van der Waals surface area contributed by atoms with E-state index in [-0.39, 0.29) is 17.7 Å². The largest absolute Gasteiger partial charge is 0.369 e. The maximum absolute atomic E-state index is 15.0. The predicted molar refractivity (Wildman–Crippen MR) is 117 cm³/mol. The van der Waals surface area contributed by atoms with Crippen LogP contribution in [0.25, 0.3) is 10.4 Å². The van der Waals surface area contributed by atoms with Crippen molar-refractivity contribution in [2.75, 3.05) is 11.6 Å². The average molecular weight is 448 g/mol. The third-order valence-corrected chi connectivity index (χ3v) is 7.49. The normalized spacial score (nSPS) is 15.2. The Bertz CT molecular complexity index is 1070. The van der Waals surface area contributed by atoms with E-state index >= 15 is 0 Å². The molecule has 0 aliphatic rings. The SMILES string of the molecule is CCOP(=O)(O)C(C)(F)c1ccc(C(=O)N(N)c2cccc(-c3cccs3)c2)cc1. The summed E-state index contributed by atoms with van der Waals surface area (Å²) in [5.74, 6) is 5.54. The number of carbonyl (C=O) groups is 1.